The van der Waals surface area contributed by atoms with Gasteiger partial charge in [0, 0.05) is 12.1 Å². The maximum absolute atomic E-state index is 13.7. The number of nitrogens with one attached hydrogen (secondary N) is 2. The van der Waals surface area contributed by atoms with Gasteiger partial charge in [-0.15, -0.1) is 0 Å². The second kappa shape index (κ2) is 6.25. The van der Waals surface area contributed by atoms with Gasteiger partial charge in [0.05, 0.1) is 0 Å². The fraction of sp³-hybridized carbons (Fsp3) is 0.375. The lowest BCUT2D eigenvalue weighted by Crippen LogP contribution is -2.16. The van der Waals surface area contributed by atoms with E-state index in [9.17, 15) is 8.78 Å². The molecule has 0 amide bonds. The molecule has 0 radical (unpaired) electrons. The normalized spacial score (nSPS) is 15.0. The summed E-state index contributed by atoms with van der Waals surface area (Å²) in [6.45, 7) is 1.75. The topological polar surface area (TPSA) is 49.8 Å². The Hall–Kier alpha value is -2.24. The molecule has 3 rings (SSSR count). The Morgan fingerprint density at radius 1 is 1.05 bits per heavy atom. The number of hydrogen-bond donors (Lipinski definition) is 2. The molecule has 0 saturated heterocycles. The predicted molar refractivity (Wildman–Crippen MR) is 82.3 cm³/mol. The van der Waals surface area contributed by atoms with Crippen LogP contribution in [0.1, 0.15) is 31.5 Å². The first-order valence-corrected chi connectivity index (χ1v) is 7.45. The Balaban J connectivity index is 1.82. The van der Waals surface area contributed by atoms with Gasteiger partial charge < -0.3 is 10.6 Å². The van der Waals surface area contributed by atoms with Crippen LogP contribution >= 0.6 is 0 Å². The number of aromatic nitrogens is 2. The van der Waals surface area contributed by atoms with Crippen molar-refractivity contribution in [3.05, 3.63) is 41.7 Å². The van der Waals surface area contributed by atoms with E-state index in [2.05, 4.69) is 20.6 Å². The lowest BCUT2D eigenvalue weighted by Gasteiger charge is -2.15. The van der Waals surface area contributed by atoms with Crippen LogP contribution in [0.4, 0.5) is 26.1 Å². The molecule has 0 aliphatic heterocycles. The summed E-state index contributed by atoms with van der Waals surface area (Å²) in [6, 6.07) is 5.83. The summed E-state index contributed by atoms with van der Waals surface area (Å²) in [6.07, 6.45) is 4.67. The van der Waals surface area contributed by atoms with Gasteiger partial charge >= 0.3 is 0 Å². The Bertz CT molecular complexity index is 649. The molecule has 4 nitrogen and oxygen atoms in total. The maximum atomic E-state index is 13.7. The van der Waals surface area contributed by atoms with Crippen molar-refractivity contribution in [3.63, 3.8) is 0 Å². The second-order valence-corrected chi connectivity index (χ2v) is 5.53. The van der Waals surface area contributed by atoms with Crippen LogP contribution in [0.3, 0.4) is 0 Å². The van der Waals surface area contributed by atoms with Gasteiger partial charge in [-0.25, -0.2) is 18.7 Å². The molecule has 1 aliphatic rings. The van der Waals surface area contributed by atoms with Crippen LogP contribution in [-0.4, -0.2) is 16.0 Å². The molecule has 1 aromatic heterocycles. The zero-order valence-corrected chi connectivity index (χ0v) is 12.4. The monoisotopic (exact) mass is 304 g/mol. The maximum Gasteiger partial charge on any atom is 0.149 e. The first-order chi connectivity index (χ1) is 10.6. The number of aryl methyl sites for hydroxylation is 1. The van der Waals surface area contributed by atoms with Crippen molar-refractivity contribution in [1.82, 2.24) is 9.97 Å². The molecule has 116 valence electrons. The predicted octanol–water partition coefficient (Wildman–Crippen LogP) is 4.16. The molecule has 1 aromatic carbocycles. The average Bonchev–Trinajstić information content (AvgIpc) is 2.95. The smallest absolute Gasteiger partial charge is 0.149 e. The van der Waals surface area contributed by atoms with Gasteiger partial charge in [-0.2, -0.15) is 0 Å². The number of halogens is 2. The number of rotatable bonds is 4. The van der Waals surface area contributed by atoms with Crippen LogP contribution in [0.2, 0.25) is 0 Å². The lowest BCUT2D eigenvalue weighted by atomic mass is 10.2. The highest BCUT2D eigenvalue weighted by atomic mass is 19.1. The van der Waals surface area contributed by atoms with Gasteiger partial charge in [0.15, 0.2) is 0 Å². The summed E-state index contributed by atoms with van der Waals surface area (Å²) in [4.78, 5) is 8.52. The molecule has 2 N–H and O–H groups in total. The van der Waals surface area contributed by atoms with Crippen LogP contribution in [0.15, 0.2) is 24.3 Å². The van der Waals surface area contributed by atoms with E-state index in [1.165, 1.54) is 31.0 Å². The third-order valence-corrected chi connectivity index (χ3v) is 3.76. The van der Waals surface area contributed by atoms with Crippen LogP contribution in [0.25, 0.3) is 0 Å². The zero-order valence-electron chi connectivity index (χ0n) is 12.4. The summed E-state index contributed by atoms with van der Waals surface area (Å²) in [5.74, 6) is 0.293. The van der Waals surface area contributed by atoms with Crippen molar-refractivity contribution >= 4 is 17.3 Å². The Labute approximate surface area is 128 Å². The van der Waals surface area contributed by atoms with Gasteiger partial charge in [0.2, 0.25) is 0 Å². The second-order valence-electron chi connectivity index (χ2n) is 5.53. The SMILES string of the molecule is Cc1nc(Nc2c(F)cccc2F)cc(NC2CCCC2)n1. The molecule has 0 bridgehead atoms. The molecule has 0 atom stereocenters. The van der Waals surface area contributed by atoms with E-state index in [0.29, 0.717) is 23.5 Å². The lowest BCUT2D eigenvalue weighted by molar-refractivity contribution is 0.590. The van der Waals surface area contributed by atoms with Crippen molar-refractivity contribution in [3.8, 4) is 0 Å². The van der Waals surface area contributed by atoms with E-state index in [4.69, 9.17) is 0 Å². The van der Waals surface area contributed by atoms with Crippen molar-refractivity contribution in [1.29, 1.82) is 0 Å². The summed E-state index contributed by atoms with van der Waals surface area (Å²) >= 11 is 0. The highest BCUT2D eigenvalue weighted by molar-refractivity contribution is 5.60. The van der Waals surface area contributed by atoms with Crippen LogP contribution in [-0.2, 0) is 0 Å². The Morgan fingerprint density at radius 2 is 1.68 bits per heavy atom. The van der Waals surface area contributed by atoms with Gasteiger partial charge in [-0.1, -0.05) is 18.9 Å². The number of nitrogens with zero attached hydrogens (tertiary/aromatic N) is 2. The number of para-hydroxylation sites is 1. The van der Waals surface area contributed by atoms with Gasteiger partial charge in [0.1, 0.15) is 34.8 Å². The van der Waals surface area contributed by atoms with Crippen LogP contribution < -0.4 is 10.6 Å². The molecule has 1 aliphatic carbocycles. The van der Waals surface area contributed by atoms with Crippen LogP contribution in [0, 0.1) is 18.6 Å². The largest absolute Gasteiger partial charge is 0.367 e. The minimum Gasteiger partial charge on any atom is -0.367 e. The summed E-state index contributed by atoms with van der Waals surface area (Å²) in [7, 11) is 0. The van der Waals surface area contributed by atoms with Gasteiger partial charge in [-0.3, -0.25) is 0 Å². The summed E-state index contributed by atoms with van der Waals surface area (Å²) in [5, 5.41) is 6.06. The third-order valence-electron chi connectivity index (χ3n) is 3.76. The number of benzene rings is 1. The van der Waals surface area contributed by atoms with E-state index >= 15 is 0 Å². The highest BCUT2D eigenvalue weighted by Gasteiger charge is 2.16. The number of hydrogen-bond acceptors (Lipinski definition) is 4. The highest BCUT2D eigenvalue weighted by Crippen LogP contribution is 2.25. The molecule has 22 heavy (non-hydrogen) atoms. The Morgan fingerprint density at radius 3 is 2.36 bits per heavy atom. The first kappa shape index (κ1) is 14.7. The van der Waals surface area contributed by atoms with Crippen LogP contribution in [0.5, 0.6) is 0 Å². The fourth-order valence-electron chi connectivity index (χ4n) is 2.73. The van der Waals surface area contributed by atoms with Gasteiger partial charge in [-0.05, 0) is 31.9 Å². The molecule has 1 saturated carbocycles. The molecule has 1 heterocycles. The summed E-state index contributed by atoms with van der Waals surface area (Å²) < 4.78 is 27.4. The molecule has 6 heteroatoms. The van der Waals surface area contributed by atoms with Crippen molar-refractivity contribution in [2.75, 3.05) is 10.6 Å². The molecular formula is C16H18F2N4. The number of anilines is 3. The van der Waals surface area contributed by atoms with Crippen molar-refractivity contribution in [2.45, 2.75) is 38.6 Å². The molecule has 1 fully saturated rings. The third kappa shape index (κ3) is 3.32. The molecule has 0 spiro atoms. The average molecular weight is 304 g/mol. The van der Waals surface area contributed by atoms with E-state index < -0.39 is 11.6 Å². The Kier molecular flexibility index (Phi) is 4.18. The van der Waals surface area contributed by atoms with E-state index in [-0.39, 0.29) is 5.69 Å². The molecule has 0 unspecified atom stereocenters. The van der Waals surface area contributed by atoms with E-state index in [0.717, 1.165) is 12.8 Å². The summed E-state index contributed by atoms with van der Waals surface area (Å²) in [5.41, 5.74) is -0.201. The van der Waals surface area contributed by atoms with E-state index in [1.807, 2.05) is 0 Å². The molecular weight excluding hydrogens is 286 g/mol. The fourth-order valence-corrected chi connectivity index (χ4v) is 2.73. The van der Waals surface area contributed by atoms with Gasteiger partial charge in [0.25, 0.3) is 0 Å². The molecule has 2 aromatic rings. The first-order valence-electron chi connectivity index (χ1n) is 7.45. The minimum atomic E-state index is -0.651. The quantitative estimate of drug-likeness (QED) is 0.890. The standard InChI is InChI=1S/C16H18F2N4/c1-10-19-14(21-11-5-2-3-6-11)9-15(20-10)22-16-12(17)7-4-8-13(16)18/h4,7-9,11H,2-3,5-6H2,1H3,(H2,19,20,21,22). The zero-order chi connectivity index (χ0) is 15.5. The van der Waals surface area contributed by atoms with Crippen molar-refractivity contribution in [2.24, 2.45) is 0 Å². The van der Waals surface area contributed by atoms with Crippen molar-refractivity contribution < 1.29 is 8.78 Å². The minimum absolute atomic E-state index is 0.201. The van der Waals surface area contributed by atoms with E-state index in [1.54, 1.807) is 13.0 Å².